The van der Waals surface area contributed by atoms with E-state index in [9.17, 15) is 5.11 Å². The Morgan fingerprint density at radius 3 is 2.92 bits per heavy atom. The third kappa shape index (κ3) is 1.35. The lowest BCUT2D eigenvalue weighted by Gasteiger charge is -2.22. The van der Waals surface area contributed by atoms with E-state index in [1.165, 1.54) is 6.26 Å². The lowest BCUT2D eigenvalue weighted by molar-refractivity contribution is 0.0313. The molecule has 1 atom stereocenters. The van der Waals surface area contributed by atoms with E-state index < -0.39 is 5.60 Å². The Hall–Kier alpha value is -1.22. The molecule has 0 spiro atoms. The summed E-state index contributed by atoms with van der Waals surface area (Å²) in [6.45, 7) is 2.36. The Bertz CT molecular complexity index is 309. The zero-order valence-corrected chi connectivity index (χ0v) is 7.49. The fourth-order valence-electron chi connectivity index (χ4n) is 1.44. The van der Waals surface area contributed by atoms with Crippen LogP contribution in [0.25, 0.3) is 0 Å². The van der Waals surface area contributed by atoms with Crippen molar-refractivity contribution >= 4 is 0 Å². The fraction of sp³-hybridized carbons (Fsp3) is 0.400. The van der Waals surface area contributed by atoms with Gasteiger partial charge in [0.25, 0.3) is 0 Å². The Balaban J connectivity index is 2.30. The predicted molar refractivity (Wildman–Crippen MR) is 46.9 cm³/mol. The van der Waals surface area contributed by atoms with Gasteiger partial charge in [0.2, 0.25) is 0 Å². The molecule has 0 saturated heterocycles. The maximum Gasteiger partial charge on any atom is 0.146 e. The molecular formula is C10H12O3. The van der Waals surface area contributed by atoms with E-state index in [1.807, 2.05) is 6.08 Å². The van der Waals surface area contributed by atoms with Gasteiger partial charge in [-0.2, -0.15) is 0 Å². The number of hydrogen-bond acceptors (Lipinski definition) is 3. The molecule has 3 nitrogen and oxygen atoms in total. The van der Waals surface area contributed by atoms with Crippen LogP contribution >= 0.6 is 0 Å². The summed E-state index contributed by atoms with van der Waals surface area (Å²) in [7, 11) is 0. The third-order valence-electron chi connectivity index (χ3n) is 2.27. The molecule has 0 bridgehead atoms. The molecule has 2 rings (SSSR count). The predicted octanol–water partition coefficient (Wildman–Crippen LogP) is 1.79. The second-order valence-corrected chi connectivity index (χ2v) is 3.29. The first-order chi connectivity index (χ1) is 6.21. The molecule has 1 N–H and O–H groups in total. The molecule has 1 aliphatic heterocycles. The summed E-state index contributed by atoms with van der Waals surface area (Å²) < 4.78 is 10.2. The normalized spacial score (nSPS) is 20.6. The highest BCUT2D eigenvalue weighted by molar-refractivity contribution is 5.26. The molecule has 0 fully saturated rings. The van der Waals surface area contributed by atoms with Crippen molar-refractivity contribution in [1.29, 1.82) is 0 Å². The molecular weight excluding hydrogens is 168 g/mol. The van der Waals surface area contributed by atoms with Crippen LogP contribution in [0.2, 0.25) is 0 Å². The highest BCUT2D eigenvalue weighted by atomic mass is 16.5. The van der Waals surface area contributed by atoms with E-state index in [2.05, 4.69) is 0 Å². The number of ether oxygens (including phenoxy) is 1. The molecule has 0 aliphatic carbocycles. The van der Waals surface area contributed by atoms with Crippen molar-refractivity contribution < 1.29 is 14.3 Å². The second kappa shape index (κ2) is 2.92. The van der Waals surface area contributed by atoms with Crippen molar-refractivity contribution in [3.05, 3.63) is 36.0 Å². The first-order valence-corrected chi connectivity index (χ1v) is 4.30. The number of furan rings is 1. The lowest BCUT2D eigenvalue weighted by Crippen LogP contribution is -2.23. The van der Waals surface area contributed by atoms with Crippen molar-refractivity contribution in [2.24, 2.45) is 0 Å². The van der Waals surface area contributed by atoms with Crippen LogP contribution in [0.3, 0.4) is 0 Å². The molecule has 0 radical (unpaired) electrons. The quantitative estimate of drug-likeness (QED) is 0.754. The van der Waals surface area contributed by atoms with E-state index in [4.69, 9.17) is 9.15 Å². The van der Waals surface area contributed by atoms with Crippen LogP contribution in [0.15, 0.2) is 34.8 Å². The van der Waals surface area contributed by atoms with Crippen LogP contribution in [0.4, 0.5) is 0 Å². The largest absolute Gasteiger partial charge is 0.495 e. The van der Waals surface area contributed by atoms with Crippen molar-refractivity contribution in [3.63, 3.8) is 0 Å². The fourth-order valence-corrected chi connectivity index (χ4v) is 1.44. The molecule has 2 heterocycles. The molecule has 13 heavy (non-hydrogen) atoms. The Morgan fingerprint density at radius 2 is 2.38 bits per heavy atom. The minimum Gasteiger partial charge on any atom is -0.495 e. The van der Waals surface area contributed by atoms with E-state index in [0.717, 1.165) is 12.0 Å². The lowest BCUT2D eigenvalue weighted by atomic mass is 9.96. The molecule has 1 aromatic heterocycles. The van der Waals surface area contributed by atoms with Crippen LogP contribution in [0.1, 0.15) is 18.9 Å². The maximum absolute atomic E-state index is 10.1. The Labute approximate surface area is 76.6 Å². The van der Waals surface area contributed by atoms with Gasteiger partial charge in [0.05, 0.1) is 19.1 Å². The first-order valence-electron chi connectivity index (χ1n) is 4.30. The van der Waals surface area contributed by atoms with E-state index in [1.54, 1.807) is 19.3 Å². The Kier molecular flexibility index (Phi) is 1.88. The maximum atomic E-state index is 10.1. The number of aliphatic hydroxyl groups is 1. The highest BCUT2D eigenvalue weighted by Gasteiger charge is 2.32. The van der Waals surface area contributed by atoms with E-state index in [0.29, 0.717) is 12.4 Å². The summed E-state index contributed by atoms with van der Waals surface area (Å²) in [5.74, 6) is 0.619. The summed E-state index contributed by atoms with van der Waals surface area (Å²) in [6.07, 6.45) is 5.85. The number of rotatable bonds is 2. The van der Waals surface area contributed by atoms with Gasteiger partial charge in [-0.25, -0.2) is 0 Å². The van der Waals surface area contributed by atoms with E-state index >= 15 is 0 Å². The van der Waals surface area contributed by atoms with Gasteiger partial charge in [-0.15, -0.1) is 0 Å². The van der Waals surface area contributed by atoms with Crippen LogP contribution in [-0.4, -0.2) is 11.7 Å². The van der Waals surface area contributed by atoms with E-state index in [-0.39, 0.29) is 0 Å². The summed E-state index contributed by atoms with van der Waals surface area (Å²) in [4.78, 5) is 0. The molecule has 0 amide bonds. The minimum atomic E-state index is -1.05. The zero-order valence-electron chi connectivity index (χ0n) is 7.49. The van der Waals surface area contributed by atoms with Crippen molar-refractivity contribution in [2.75, 3.05) is 6.61 Å². The molecule has 0 aromatic carbocycles. The van der Waals surface area contributed by atoms with Crippen molar-refractivity contribution in [2.45, 2.75) is 18.9 Å². The summed E-state index contributed by atoms with van der Waals surface area (Å²) in [5.41, 5.74) is -0.329. The monoisotopic (exact) mass is 180 g/mol. The topological polar surface area (TPSA) is 42.6 Å². The zero-order chi connectivity index (χ0) is 9.31. The SMILES string of the molecule is CC(O)(C1=CCCO1)c1ccoc1. The Morgan fingerprint density at radius 1 is 1.54 bits per heavy atom. The number of hydrogen-bond donors (Lipinski definition) is 1. The summed E-state index contributed by atoms with van der Waals surface area (Å²) >= 11 is 0. The smallest absolute Gasteiger partial charge is 0.146 e. The highest BCUT2D eigenvalue weighted by Crippen LogP contribution is 2.32. The van der Waals surface area contributed by atoms with Crippen LogP contribution < -0.4 is 0 Å². The summed E-state index contributed by atoms with van der Waals surface area (Å²) in [6, 6.07) is 1.74. The van der Waals surface area contributed by atoms with Crippen molar-refractivity contribution in [3.8, 4) is 0 Å². The molecule has 1 aliphatic rings. The average molecular weight is 180 g/mol. The van der Waals surface area contributed by atoms with Gasteiger partial charge < -0.3 is 14.3 Å². The summed E-state index contributed by atoms with van der Waals surface area (Å²) in [5, 5.41) is 10.1. The van der Waals surface area contributed by atoms with Crippen molar-refractivity contribution in [1.82, 2.24) is 0 Å². The van der Waals surface area contributed by atoms with Crippen LogP contribution in [0, 0.1) is 0 Å². The van der Waals surface area contributed by atoms with Crippen LogP contribution in [0.5, 0.6) is 0 Å². The third-order valence-corrected chi connectivity index (χ3v) is 2.27. The first kappa shape index (κ1) is 8.38. The van der Waals surface area contributed by atoms with Gasteiger partial charge in [0.15, 0.2) is 0 Å². The van der Waals surface area contributed by atoms with Gasteiger partial charge >= 0.3 is 0 Å². The van der Waals surface area contributed by atoms with Gasteiger partial charge in [-0.1, -0.05) is 0 Å². The van der Waals surface area contributed by atoms with Gasteiger partial charge in [0.1, 0.15) is 11.4 Å². The van der Waals surface area contributed by atoms with Gasteiger partial charge in [0, 0.05) is 12.0 Å². The average Bonchev–Trinajstić information content (AvgIpc) is 2.78. The van der Waals surface area contributed by atoms with Crippen LogP contribution in [-0.2, 0) is 10.3 Å². The van der Waals surface area contributed by atoms with Gasteiger partial charge in [-0.3, -0.25) is 0 Å². The molecule has 70 valence electrons. The standard InChI is InChI=1S/C10H12O3/c1-10(11,8-4-6-12-7-8)9-3-2-5-13-9/h3-4,6-7,11H,2,5H2,1H3. The second-order valence-electron chi connectivity index (χ2n) is 3.29. The molecule has 3 heteroatoms. The molecule has 0 saturated carbocycles. The molecule has 1 unspecified atom stereocenters. The molecule has 1 aromatic rings. The van der Waals surface area contributed by atoms with Gasteiger partial charge in [-0.05, 0) is 19.1 Å². The minimum absolute atomic E-state index is 0.619.